The highest BCUT2D eigenvalue weighted by Gasteiger charge is 2.04. The van der Waals surface area contributed by atoms with E-state index in [2.05, 4.69) is 36.5 Å². The van der Waals surface area contributed by atoms with Gasteiger partial charge in [-0.05, 0) is 42.7 Å². The van der Waals surface area contributed by atoms with Crippen LogP contribution in [-0.2, 0) is 0 Å². The SMILES string of the molecule is C=C(/C=C(\C)CC)/C(=C\C=NC)c1ccc(N)nc1. The predicted molar refractivity (Wildman–Crippen MR) is 84.2 cm³/mol. The third-order valence-corrected chi connectivity index (χ3v) is 2.81. The van der Waals surface area contributed by atoms with Crippen LogP contribution >= 0.6 is 0 Å². The fourth-order valence-corrected chi connectivity index (χ4v) is 1.58. The molecule has 0 saturated heterocycles. The van der Waals surface area contributed by atoms with E-state index in [1.54, 1.807) is 25.5 Å². The third-order valence-electron chi connectivity index (χ3n) is 2.81. The maximum absolute atomic E-state index is 5.61. The van der Waals surface area contributed by atoms with E-state index in [4.69, 9.17) is 5.73 Å². The van der Waals surface area contributed by atoms with E-state index < -0.39 is 0 Å². The Morgan fingerprint density at radius 1 is 1.47 bits per heavy atom. The van der Waals surface area contributed by atoms with Crippen molar-refractivity contribution in [3.05, 3.63) is 53.8 Å². The van der Waals surface area contributed by atoms with Gasteiger partial charge in [-0.3, -0.25) is 4.99 Å². The van der Waals surface area contributed by atoms with Crippen LogP contribution in [0.2, 0.25) is 0 Å². The lowest BCUT2D eigenvalue weighted by molar-refractivity contribution is 1.10. The molecule has 0 unspecified atom stereocenters. The molecule has 0 saturated carbocycles. The molecule has 0 radical (unpaired) electrons. The van der Waals surface area contributed by atoms with Gasteiger partial charge < -0.3 is 5.73 Å². The largest absolute Gasteiger partial charge is 0.384 e. The Labute approximate surface area is 115 Å². The van der Waals surface area contributed by atoms with Crippen LogP contribution in [0.25, 0.3) is 5.57 Å². The second kappa shape index (κ2) is 7.31. The summed E-state index contributed by atoms with van der Waals surface area (Å²) in [6, 6.07) is 3.73. The molecule has 0 amide bonds. The van der Waals surface area contributed by atoms with Crippen LogP contribution in [0.1, 0.15) is 25.8 Å². The third kappa shape index (κ3) is 4.54. The summed E-state index contributed by atoms with van der Waals surface area (Å²) in [6.45, 7) is 8.35. The lowest BCUT2D eigenvalue weighted by Crippen LogP contribution is -1.93. The molecule has 0 aliphatic carbocycles. The van der Waals surface area contributed by atoms with Crippen molar-refractivity contribution in [2.75, 3.05) is 12.8 Å². The molecular weight excluding hydrogens is 234 g/mol. The van der Waals surface area contributed by atoms with Crippen LogP contribution < -0.4 is 5.73 Å². The Balaban J connectivity index is 3.16. The number of nitrogens with two attached hydrogens (primary N) is 1. The number of hydrogen-bond donors (Lipinski definition) is 1. The monoisotopic (exact) mass is 255 g/mol. The number of rotatable bonds is 5. The molecule has 0 aliphatic heterocycles. The summed E-state index contributed by atoms with van der Waals surface area (Å²) >= 11 is 0. The van der Waals surface area contributed by atoms with E-state index in [0.717, 1.165) is 23.1 Å². The number of aliphatic imine (C=N–C) groups is 1. The zero-order chi connectivity index (χ0) is 14.3. The van der Waals surface area contributed by atoms with E-state index in [-0.39, 0.29) is 0 Å². The topological polar surface area (TPSA) is 51.3 Å². The minimum atomic E-state index is 0.512. The molecule has 0 bridgehead atoms. The van der Waals surface area contributed by atoms with Gasteiger partial charge in [0.2, 0.25) is 0 Å². The van der Waals surface area contributed by atoms with Crippen molar-refractivity contribution in [2.45, 2.75) is 20.3 Å². The first kappa shape index (κ1) is 14.9. The molecule has 19 heavy (non-hydrogen) atoms. The normalized spacial score (nSPS) is 13.0. The second-order valence-corrected chi connectivity index (χ2v) is 4.33. The fraction of sp³-hybridized carbons (Fsp3) is 0.250. The molecule has 1 aromatic heterocycles. The van der Waals surface area contributed by atoms with Gasteiger partial charge in [-0.15, -0.1) is 0 Å². The van der Waals surface area contributed by atoms with Crippen molar-refractivity contribution in [1.29, 1.82) is 0 Å². The summed E-state index contributed by atoms with van der Waals surface area (Å²) in [7, 11) is 1.74. The van der Waals surface area contributed by atoms with Gasteiger partial charge in [-0.25, -0.2) is 4.98 Å². The molecule has 0 aliphatic rings. The molecular formula is C16H21N3. The van der Waals surface area contributed by atoms with Crippen molar-refractivity contribution in [3.63, 3.8) is 0 Å². The number of anilines is 1. The summed E-state index contributed by atoms with van der Waals surface area (Å²) in [5, 5.41) is 0. The van der Waals surface area contributed by atoms with Gasteiger partial charge in [0.1, 0.15) is 5.82 Å². The van der Waals surface area contributed by atoms with Crippen LogP contribution in [0.3, 0.4) is 0 Å². The van der Waals surface area contributed by atoms with Gasteiger partial charge in [0.25, 0.3) is 0 Å². The Morgan fingerprint density at radius 2 is 2.21 bits per heavy atom. The van der Waals surface area contributed by atoms with Crippen LogP contribution in [0.15, 0.2) is 53.2 Å². The highest BCUT2D eigenvalue weighted by Crippen LogP contribution is 2.23. The second-order valence-electron chi connectivity index (χ2n) is 4.33. The van der Waals surface area contributed by atoms with Gasteiger partial charge in [0.05, 0.1) is 0 Å². The van der Waals surface area contributed by atoms with Crippen molar-refractivity contribution >= 4 is 17.6 Å². The molecule has 1 aromatic rings. The summed E-state index contributed by atoms with van der Waals surface area (Å²) in [5.74, 6) is 0.512. The van der Waals surface area contributed by atoms with E-state index >= 15 is 0 Å². The summed E-state index contributed by atoms with van der Waals surface area (Å²) < 4.78 is 0. The molecule has 1 heterocycles. The first-order valence-electron chi connectivity index (χ1n) is 6.29. The standard InChI is InChI=1S/C16H21N3/c1-5-12(2)10-13(3)15(8-9-18-4)14-6-7-16(17)19-11-14/h6-11H,3,5H2,1-2,4H3,(H2,17,19)/b12-10+,15-8+,18-9?. The molecule has 3 nitrogen and oxygen atoms in total. The molecule has 0 aromatic carbocycles. The molecule has 0 spiro atoms. The first-order valence-corrected chi connectivity index (χ1v) is 6.29. The molecule has 1 rings (SSSR count). The maximum Gasteiger partial charge on any atom is 0.123 e. The highest BCUT2D eigenvalue weighted by molar-refractivity contribution is 5.92. The van der Waals surface area contributed by atoms with Crippen LogP contribution in [0, 0.1) is 0 Å². The van der Waals surface area contributed by atoms with Gasteiger partial charge in [0, 0.05) is 25.0 Å². The molecule has 100 valence electrons. The number of nitrogens with zero attached hydrogens (tertiary/aromatic N) is 2. The van der Waals surface area contributed by atoms with Gasteiger partial charge >= 0.3 is 0 Å². The van der Waals surface area contributed by atoms with E-state index in [1.165, 1.54) is 5.57 Å². The minimum absolute atomic E-state index is 0.512. The summed E-state index contributed by atoms with van der Waals surface area (Å²) in [6.07, 6.45) is 8.55. The Hall–Kier alpha value is -2.16. The molecule has 2 N–H and O–H groups in total. The van der Waals surface area contributed by atoms with Crippen molar-refractivity contribution in [2.24, 2.45) is 4.99 Å². The Kier molecular flexibility index (Phi) is 5.73. The first-order chi connectivity index (χ1) is 9.08. The highest BCUT2D eigenvalue weighted by atomic mass is 14.8. The number of nitrogen functional groups attached to an aromatic ring is 1. The van der Waals surface area contributed by atoms with Crippen molar-refractivity contribution < 1.29 is 0 Å². The van der Waals surface area contributed by atoms with E-state index in [1.807, 2.05) is 12.1 Å². The Bertz CT molecular complexity index is 519. The van der Waals surface area contributed by atoms with Crippen molar-refractivity contribution in [3.8, 4) is 0 Å². The average molecular weight is 255 g/mol. The van der Waals surface area contributed by atoms with E-state index in [9.17, 15) is 0 Å². The number of aromatic nitrogens is 1. The lowest BCUT2D eigenvalue weighted by Gasteiger charge is -2.08. The Morgan fingerprint density at radius 3 is 2.74 bits per heavy atom. The minimum Gasteiger partial charge on any atom is -0.384 e. The van der Waals surface area contributed by atoms with E-state index in [0.29, 0.717) is 5.82 Å². The lowest BCUT2D eigenvalue weighted by atomic mass is 9.98. The van der Waals surface area contributed by atoms with Crippen LogP contribution in [0.4, 0.5) is 5.82 Å². The summed E-state index contributed by atoms with van der Waals surface area (Å²) in [4.78, 5) is 8.11. The molecule has 0 fully saturated rings. The zero-order valence-electron chi connectivity index (χ0n) is 11.9. The summed E-state index contributed by atoms with van der Waals surface area (Å²) in [5.41, 5.74) is 9.84. The number of allylic oxidation sites excluding steroid dienone is 5. The van der Waals surface area contributed by atoms with Gasteiger partial charge in [-0.2, -0.15) is 0 Å². The molecule has 0 atom stereocenters. The number of pyridine rings is 1. The van der Waals surface area contributed by atoms with Crippen LogP contribution in [0.5, 0.6) is 0 Å². The zero-order valence-corrected chi connectivity index (χ0v) is 11.9. The average Bonchev–Trinajstić information content (AvgIpc) is 2.41. The molecule has 3 heteroatoms. The quantitative estimate of drug-likeness (QED) is 0.645. The van der Waals surface area contributed by atoms with Crippen LogP contribution in [-0.4, -0.2) is 18.2 Å². The fourth-order valence-electron chi connectivity index (χ4n) is 1.58. The van der Waals surface area contributed by atoms with Gasteiger partial charge in [-0.1, -0.05) is 25.2 Å². The van der Waals surface area contributed by atoms with Crippen molar-refractivity contribution in [1.82, 2.24) is 4.98 Å². The van der Waals surface area contributed by atoms with Gasteiger partial charge in [0.15, 0.2) is 0 Å². The predicted octanol–water partition coefficient (Wildman–Crippen LogP) is 3.66. The maximum atomic E-state index is 5.61. The number of hydrogen-bond acceptors (Lipinski definition) is 3. The smallest absolute Gasteiger partial charge is 0.123 e.